The molecular formula is C30H35ClFN3O4S. The Morgan fingerprint density at radius 2 is 1.60 bits per heavy atom. The minimum absolute atomic E-state index is 0.0414. The Hall–Kier alpha value is -3.43. The van der Waals surface area contributed by atoms with Crippen molar-refractivity contribution in [3.8, 4) is 0 Å². The molecule has 0 unspecified atom stereocenters. The second kappa shape index (κ2) is 12.8. The Bertz CT molecular complexity index is 1440. The summed E-state index contributed by atoms with van der Waals surface area (Å²) in [6.45, 7) is 6.63. The highest BCUT2D eigenvalue weighted by atomic mass is 35.5. The van der Waals surface area contributed by atoms with Crippen molar-refractivity contribution in [3.05, 3.63) is 100 Å². The summed E-state index contributed by atoms with van der Waals surface area (Å²) in [5.41, 5.74) is 1.69. The fourth-order valence-corrected chi connectivity index (χ4v) is 5.30. The zero-order valence-electron chi connectivity index (χ0n) is 23.3. The lowest BCUT2D eigenvalue weighted by Gasteiger charge is -2.35. The van der Waals surface area contributed by atoms with Gasteiger partial charge in [0, 0.05) is 23.5 Å². The van der Waals surface area contributed by atoms with Crippen molar-refractivity contribution in [3.63, 3.8) is 0 Å². The minimum Gasteiger partial charge on any atom is -0.350 e. The van der Waals surface area contributed by atoms with E-state index in [0.29, 0.717) is 16.1 Å². The van der Waals surface area contributed by atoms with E-state index < -0.39 is 45.8 Å². The van der Waals surface area contributed by atoms with Gasteiger partial charge in [0.05, 0.1) is 11.9 Å². The zero-order chi connectivity index (χ0) is 29.7. The molecule has 2 amide bonds. The van der Waals surface area contributed by atoms with Gasteiger partial charge < -0.3 is 10.2 Å². The lowest BCUT2D eigenvalue weighted by molar-refractivity contribution is -0.140. The molecule has 3 rings (SSSR count). The van der Waals surface area contributed by atoms with Gasteiger partial charge in [-0.1, -0.05) is 60.1 Å². The summed E-state index contributed by atoms with van der Waals surface area (Å²) in [4.78, 5) is 29.1. The molecule has 3 aromatic rings. The lowest BCUT2D eigenvalue weighted by atomic mass is 10.0. The van der Waals surface area contributed by atoms with Crippen LogP contribution < -0.4 is 9.62 Å². The number of hydrogen-bond acceptors (Lipinski definition) is 4. The first-order valence-corrected chi connectivity index (χ1v) is 15.0. The minimum atomic E-state index is -3.92. The van der Waals surface area contributed by atoms with Gasteiger partial charge in [-0.2, -0.15) is 0 Å². The molecule has 1 N–H and O–H groups in total. The van der Waals surface area contributed by atoms with Gasteiger partial charge >= 0.3 is 0 Å². The van der Waals surface area contributed by atoms with Gasteiger partial charge in [0.2, 0.25) is 21.8 Å². The summed E-state index contributed by atoms with van der Waals surface area (Å²) in [5.74, 6) is -1.43. The second-order valence-electron chi connectivity index (χ2n) is 10.8. The van der Waals surface area contributed by atoms with Crippen molar-refractivity contribution in [2.75, 3.05) is 17.1 Å². The third-order valence-electron chi connectivity index (χ3n) is 6.15. The van der Waals surface area contributed by atoms with Crippen LogP contribution in [0.1, 0.15) is 37.5 Å². The molecule has 40 heavy (non-hydrogen) atoms. The Morgan fingerprint density at radius 1 is 0.975 bits per heavy atom. The van der Waals surface area contributed by atoms with Crippen LogP contribution in [-0.2, 0) is 32.6 Å². The van der Waals surface area contributed by atoms with E-state index in [2.05, 4.69) is 5.32 Å². The van der Waals surface area contributed by atoms with Gasteiger partial charge in [0.25, 0.3) is 0 Å². The Balaban J connectivity index is 2.09. The van der Waals surface area contributed by atoms with Gasteiger partial charge in [-0.25, -0.2) is 12.8 Å². The molecular weight excluding hydrogens is 553 g/mol. The molecule has 0 bridgehead atoms. The summed E-state index contributed by atoms with van der Waals surface area (Å²) in [6.07, 6.45) is 1.20. The van der Waals surface area contributed by atoms with E-state index in [9.17, 15) is 22.4 Å². The number of hydrogen-bond donors (Lipinski definition) is 1. The highest BCUT2D eigenvalue weighted by Crippen LogP contribution is 2.27. The maximum absolute atomic E-state index is 14.1. The number of rotatable bonds is 10. The monoisotopic (exact) mass is 587 g/mol. The molecule has 0 spiro atoms. The van der Waals surface area contributed by atoms with Crippen LogP contribution in [0.2, 0.25) is 5.02 Å². The van der Waals surface area contributed by atoms with Crippen molar-refractivity contribution in [2.24, 2.45) is 0 Å². The summed E-state index contributed by atoms with van der Waals surface area (Å²) in [6, 6.07) is 18.7. The van der Waals surface area contributed by atoms with E-state index in [1.54, 1.807) is 19.1 Å². The summed E-state index contributed by atoms with van der Waals surface area (Å²) < 4.78 is 40.5. The first kappa shape index (κ1) is 31.1. The van der Waals surface area contributed by atoms with E-state index in [4.69, 9.17) is 11.6 Å². The van der Waals surface area contributed by atoms with Crippen molar-refractivity contribution < 1.29 is 22.4 Å². The van der Waals surface area contributed by atoms with E-state index >= 15 is 0 Å². The van der Waals surface area contributed by atoms with Crippen LogP contribution in [0.15, 0.2) is 72.8 Å². The first-order chi connectivity index (χ1) is 18.6. The van der Waals surface area contributed by atoms with Crippen LogP contribution in [0, 0.1) is 12.7 Å². The number of carbonyl (C=O) groups excluding carboxylic acids is 2. The van der Waals surface area contributed by atoms with E-state index in [1.807, 2.05) is 51.1 Å². The number of carbonyl (C=O) groups is 2. The number of anilines is 1. The molecule has 7 nitrogen and oxygen atoms in total. The van der Waals surface area contributed by atoms with Crippen LogP contribution in [0.4, 0.5) is 10.1 Å². The maximum atomic E-state index is 14.1. The van der Waals surface area contributed by atoms with E-state index in [0.717, 1.165) is 16.1 Å². The normalized spacial score (nSPS) is 12.5. The number of halogens is 2. The molecule has 0 aliphatic heterocycles. The fraction of sp³-hybridized carbons (Fsp3) is 0.333. The molecule has 1 atom stereocenters. The van der Waals surface area contributed by atoms with Gasteiger partial charge in [0.1, 0.15) is 18.4 Å². The van der Waals surface area contributed by atoms with Crippen molar-refractivity contribution in [2.45, 2.75) is 52.2 Å². The largest absolute Gasteiger partial charge is 0.350 e. The highest BCUT2D eigenvalue weighted by molar-refractivity contribution is 7.92. The smallest absolute Gasteiger partial charge is 0.244 e. The lowest BCUT2D eigenvalue weighted by Crippen LogP contribution is -2.56. The molecule has 10 heteroatoms. The number of nitrogens with zero attached hydrogens (tertiary/aromatic N) is 2. The van der Waals surface area contributed by atoms with E-state index in [-0.39, 0.29) is 18.7 Å². The Kier molecular flexibility index (Phi) is 9.97. The van der Waals surface area contributed by atoms with Crippen LogP contribution in [-0.4, -0.2) is 49.5 Å². The summed E-state index contributed by atoms with van der Waals surface area (Å²) >= 11 is 6.17. The predicted octanol–water partition coefficient (Wildman–Crippen LogP) is 5.11. The number of sulfonamides is 1. The molecule has 0 aliphatic carbocycles. The van der Waals surface area contributed by atoms with E-state index in [1.165, 1.54) is 35.2 Å². The van der Waals surface area contributed by atoms with Gasteiger partial charge in [-0.3, -0.25) is 13.9 Å². The standard InChI is InChI=1S/C30H35ClFN3O4S/c1-21-11-14-24(31)18-26(21)35(40(5,38)39)20-28(36)34(19-23-12-15-25(32)16-13-23)27(29(37)33-30(2,3)4)17-22-9-7-6-8-10-22/h6-16,18,27H,17,19-20H2,1-5H3,(H,33,37)/t27-/m1/s1. The van der Waals surface area contributed by atoms with Gasteiger partial charge in [-0.15, -0.1) is 0 Å². The average Bonchev–Trinajstić information content (AvgIpc) is 2.86. The third kappa shape index (κ3) is 8.79. The van der Waals surface area contributed by atoms with Crippen molar-refractivity contribution in [1.82, 2.24) is 10.2 Å². The predicted molar refractivity (Wildman–Crippen MR) is 157 cm³/mol. The molecule has 214 valence electrons. The molecule has 0 radical (unpaired) electrons. The number of aryl methyl sites for hydroxylation is 1. The van der Waals surface area contributed by atoms with Crippen LogP contribution in [0.25, 0.3) is 0 Å². The molecule has 0 saturated heterocycles. The third-order valence-corrected chi connectivity index (χ3v) is 7.52. The molecule has 0 saturated carbocycles. The summed E-state index contributed by atoms with van der Waals surface area (Å²) in [5, 5.41) is 3.28. The topological polar surface area (TPSA) is 86.8 Å². The van der Waals surface area contributed by atoms with Crippen molar-refractivity contribution in [1.29, 1.82) is 0 Å². The number of nitrogens with one attached hydrogen (secondary N) is 1. The molecule has 0 fully saturated rings. The maximum Gasteiger partial charge on any atom is 0.244 e. The van der Waals surface area contributed by atoms with Crippen molar-refractivity contribution >= 4 is 39.1 Å². The molecule has 0 aromatic heterocycles. The molecule has 3 aromatic carbocycles. The fourth-order valence-electron chi connectivity index (χ4n) is 4.24. The van der Waals surface area contributed by atoms with Crippen LogP contribution in [0.5, 0.6) is 0 Å². The van der Waals surface area contributed by atoms with Crippen LogP contribution in [0.3, 0.4) is 0 Å². The van der Waals surface area contributed by atoms with Gasteiger partial charge in [0.15, 0.2) is 0 Å². The Labute approximate surface area is 241 Å². The van der Waals surface area contributed by atoms with Gasteiger partial charge in [-0.05, 0) is 68.7 Å². The molecule has 0 heterocycles. The quantitative estimate of drug-likeness (QED) is 0.357. The zero-order valence-corrected chi connectivity index (χ0v) is 24.9. The molecule has 0 aliphatic rings. The second-order valence-corrected chi connectivity index (χ2v) is 13.1. The average molecular weight is 588 g/mol. The highest BCUT2D eigenvalue weighted by Gasteiger charge is 2.34. The SMILES string of the molecule is Cc1ccc(Cl)cc1N(CC(=O)N(Cc1ccc(F)cc1)[C@H](Cc1ccccc1)C(=O)NC(C)(C)C)S(C)(=O)=O. The Morgan fingerprint density at radius 3 is 2.17 bits per heavy atom. The number of benzene rings is 3. The first-order valence-electron chi connectivity index (χ1n) is 12.8. The number of amides is 2. The van der Waals surface area contributed by atoms with Crippen LogP contribution >= 0.6 is 11.6 Å². The summed E-state index contributed by atoms with van der Waals surface area (Å²) in [7, 11) is -3.92.